The van der Waals surface area contributed by atoms with Crippen LogP contribution in [0.5, 0.6) is 0 Å². The molecule has 0 atom stereocenters. The fourth-order valence-electron chi connectivity index (χ4n) is 3.00. The van der Waals surface area contributed by atoms with Gasteiger partial charge in [-0.2, -0.15) is 0 Å². The molecule has 5 heteroatoms. The molecule has 0 bridgehead atoms. The molecule has 3 aromatic rings. The zero-order valence-electron chi connectivity index (χ0n) is 15.7. The standard InChI is InChI=1S/C23H22N2O3/c1-28-23(27)21-12-6-5-11-20(21)22(26)25(17-19-10-7-14-24-16-19)15-13-18-8-3-2-4-9-18/h2-12,14,16H,13,15,17H2,1H3. The molecule has 28 heavy (non-hydrogen) atoms. The normalized spacial score (nSPS) is 10.3. The van der Waals surface area contributed by atoms with E-state index in [0.717, 1.165) is 11.1 Å². The number of rotatable bonds is 7. The van der Waals surface area contributed by atoms with E-state index in [1.54, 1.807) is 41.6 Å². The van der Waals surface area contributed by atoms with Crippen LogP contribution in [0.2, 0.25) is 0 Å². The van der Waals surface area contributed by atoms with Gasteiger partial charge in [0.1, 0.15) is 0 Å². The van der Waals surface area contributed by atoms with Gasteiger partial charge in [0.25, 0.3) is 5.91 Å². The van der Waals surface area contributed by atoms with Crippen LogP contribution < -0.4 is 0 Å². The molecular formula is C23H22N2O3. The van der Waals surface area contributed by atoms with E-state index in [4.69, 9.17) is 4.74 Å². The van der Waals surface area contributed by atoms with Gasteiger partial charge in [-0.05, 0) is 35.7 Å². The van der Waals surface area contributed by atoms with Crippen LogP contribution in [0.4, 0.5) is 0 Å². The monoisotopic (exact) mass is 374 g/mol. The zero-order chi connectivity index (χ0) is 19.8. The van der Waals surface area contributed by atoms with Crippen molar-refractivity contribution in [1.29, 1.82) is 0 Å². The first kappa shape index (κ1) is 19.3. The van der Waals surface area contributed by atoms with Crippen molar-refractivity contribution in [2.45, 2.75) is 13.0 Å². The van der Waals surface area contributed by atoms with Crippen LogP contribution in [0.3, 0.4) is 0 Å². The molecule has 2 aromatic carbocycles. The molecule has 142 valence electrons. The molecule has 0 aliphatic rings. The van der Waals surface area contributed by atoms with Gasteiger partial charge in [-0.25, -0.2) is 4.79 Å². The molecule has 0 aliphatic heterocycles. The number of methoxy groups -OCH3 is 1. The van der Waals surface area contributed by atoms with Gasteiger partial charge in [-0.15, -0.1) is 0 Å². The van der Waals surface area contributed by atoms with Crippen molar-refractivity contribution in [2.24, 2.45) is 0 Å². The van der Waals surface area contributed by atoms with Gasteiger partial charge in [0.15, 0.2) is 0 Å². The van der Waals surface area contributed by atoms with Crippen molar-refractivity contribution >= 4 is 11.9 Å². The number of benzene rings is 2. The lowest BCUT2D eigenvalue weighted by molar-refractivity contribution is 0.0589. The summed E-state index contributed by atoms with van der Waals surface area (Å²) in [4.78, 5) is 31.3. The average Bonchev–Trinajstić information content (AvgIpc) is 2.77. The van der Waals surface area contributed by atoms with E-state index in [1.807, 2.05) is 42.5 Å². The van der Waals surface area contributed by atoms with Gasteiger partial charge in [0.2, 0.25) is 0 Å². The summed E-state index contributed by atoms with van der Waals surface area (Å²) in [6, 6.07) is 20.5. The third-order valence-electron chi connectivity index (χ3n) is 4.46. The smallest absolute Gasteiger partial charge is 0.338 e. The quantitative estimate of drug-likeness (QED) is 0.591. The summed E-state index contributed by atoms with van der Waals surface area (Å²) in [6.07, 6.45) is 4.16. The van der Waals surface area contributed by atoms with Crippen LogP contribution in [-0.4, -0.2) is 35.4 Å². The number of hydrogen-bond acceptors (Lipinski definition) is 4. The largest absolute Gasteiger partial charge is 0.465 e. The second-order valence-electron chi connectivity index (χ2n) is 6.36. The number of aromatic nitrogens is 1. The third-order valence-corrected chi connectivity index (χ3v) is 4.46. The highest BCUT2D eigenvalue weighted by atomic mass is 16.5. The van der Waals surface area contributed by atoms with Crippen molar-refractivity contribution in [3.63, 3.8) is 0 Å². The molecule has 0 aliphatic carbocycles. The van der Waals surface area contributed by atoms with Crippen molar-refractivity contribution in [1.82, 2.24) is 9.88 Å². The van der Waals surface area contributed by atoms with Gasteiger partial charge in [-0.3, -0.25) is 9.78 Å². The third kappa shape index (κ3) is 4.82. The number of carbonyl (C=O) groups excluding carboxylic acids is 2. The number of pyridine rings is 1. The number of ether oxygens (including phenoxy) is 1. The Kier molecular flexibility index (Phi) is 6.52. The summed E-state index contributed by atoms with van der Waals surface area (Å²) >= 11 is 0. The van der Waals surface area contributed by atoms with E-state index >= 15 is 0 Å². The lowest BCUT2D eigenvalue weighted by Gasteiger charge is -2.24. The maximum atomic E-state index is 13.3. The highest BCUT2D eigenvalue weighted by Gasteiger charge is 2.22. The molecule has 1 amide bonds. The van der Waals surface area contributed by atoms with Crippen LogP contribution in [-0.2, 0) is 17.7 Å². The van der Waals surface area contributed by atoms with Crippen LogP contribution in [0.25, 0.3) is 0 Å². The minimum atomic E-state index is -0.520. The predicted molar refractivity (Wildman–Crippen MR) is 107 cm³/mol. The summed E-state index contributed by atoms with van der Waals surface area (Å²) < 4.78 is 4.83. The topological polar surface area (TPSA) is 59.5 Å². The Bertz CT molecular complexity index is 927. The molecule has 1 heterocycles. The Hall–Kier alpha value is -3.47. The van der Waals surface area contributed by atoms with E-state index < -0.39 is 5.97 Å². The Morgan fingerprint density at radius 3 is 2.25 bits per heavy atom. The van der Waals surface area contributed by atoms with Gasteiger partial charge >= 0.3 is 5.97 Å². The van der Waals surface area contributed by atoms with Gasteiger partial charge < -0.3 is 9.64 Å². The fraction of sp³-hybridized carbons (Fsp3) is 0.174. The first-order chi connectivity index (χ1) is 13.7. The number of esters is 1. The zero-order valence-corrected chi connectivity index (χ0v) is 15.7. The lowest BCUT2D eigenvalue weighted by Crippen LogP contribution is -2.33. The number of hydrogen-bond donors (Lipinski definition) is 0. The minimum absolute atomic E-state index is 0.208. The van der Waals surface area contributed by atoms with E-state index in [2.05, 4.69) is 4.98 Å². The molecule has 3 rings (SSSR count). The molecule has 5 nitrogen and oxygen atoms in total. The van der Waals surface area contributed by atoms with Crippen LogP contribution in [0.1, 0.15) is 31.8 Å². The second-order valence-corrected chi connectivity index (χ2v) is 6.36. The second kappa shape index (κ2) is 9.46. The highest BCUT2D eigenvalue weighted by molar-refractivity contribution is 6.05. The predicted octanol–water partition coefficient (Wildman–Crippen LogP) is 3.75. The van der Waals surface area contributed by atoms with E-state index in [-0.39, 0.29) is 11.5 Å². The average molecular weight is 374 g/mol. The van der Waals surface area contributed by atoms with Crippen molar-refractivity contribution in [3.05, 3.63) is 101 Å². The number of amides is 1. The van der Waals surface area contributed by atoms with Crippen LogP contribution in [0, 0.1) is 0 Å². The highest BCUT2D eigenvalue weighted by Crippen LogP contribution is 2.16. The van der Waals surface area contributed by atoms with E-state index in [1.165, 1.54) is 7.11 Å². The Morgan fingerprint density at radius 1 is 0.893 bits per heavy atom. The molecule has 0 saturated carbocycles. The molecule has 0 radical (unpaired) electrons. The van der Waals surface area contributed by atoms with Gasteiger partial charge in [0, 0.05) is 25.5 Å². The van der Waals surface area contributed by atoms with Crippen molar-refractivity contribution in [3.8, 4) is 0 Å². The fourth-order valence-corrected chi connectivity index (χ4v) is 3.00. The SMILES string of the molecule is COC(=O)c1ccccc1C(=O)N(CCc1ccccc1)Cc1cccnc1. The first-order valence-corrected chi connectivity index (χ1v) is 9.08. The lowest BCUT2D eigenvalue weighted by atomic mass is 10.1. The summed E-state index contributed by atoms with van der Waals surface area (Å²) in [5.41, 5.74) is 2.68. The minimum Gasteiger partial charge on any atom is -0.465 e. The molecule has 0 fully saturated rings. The van der Waals surface area contributed by atoms with E-state index in [9.17, 15) is 9.59 Å². The van der Waals surface area contributed by atoms with Gasteiger partial charge in [-0.1, -0.05) is 48.5 Å². The van der Waals surface area contributed by atoms with E-state index in [0.29, 0.717) is 25.1 Å². The maximum Gasteiger partial charge on any atom is 0.338 e. The molecule has 0 unspecified atom stereocenters. The summed E-state index contributed by atoms with van der Waals surface area (Å²) in [5, 5.41) is 0. The van der Waals surface area contributed by atoms with Gasteiger partial charge in [0.05, 0.1) is 18.2 Å². The summed E-state index contributed by atoms with van der Waals surface area (Å²) in [5.74, 6) is -0.728. The molecule has 0 saturated heterocycles. The Balaban J connectivity index is 1.87. The Morgan fingerprint density at radius 2 is 1.57 bits per heavy atom. The molecular weight excluding hydrogens is 352 g/mol. The first-order valence-electron chi connectivity index (χ1n) is 9.08. The van der Waals surface area contributed by atoms with Crippen molar-refractivity contribution < 1.29 is 14.3 Å². The summed E-state index contributed by atoms with van der Waals surface area (Å²) in [6.45, 7) is 0.933. The number of carbonyl (C=O) groups is 2. The maximum absolute atomic E-state index is 13.3. The number of nitrogens with zero attached hydrogens (tertiary/aromatic N) is 2. The molecule has 0 spiro atoms. The van der Waals surface area contributed by atoms with Crippen molar-refractivity contribution in [2.75, 3.05) is 13.7 Å². The van der Waals surface area contributed by atoms with Crippen LogP contribution >= 0.6 is 0 Å². The van der Waals surface area contributed by atoms with Crippen LogP contribution in [0.15, 0.2) is 79.1 Å². The molecule has 0 N–H and O–H groups in total. The molecule has 1 aromatic heterocycles. The Labute approximate surface area is 164 Å². The summed E-state index contributed by atoms with van der Waals surface area (Å²) in [7, 11) is 1.31.